The summed E-state index contributed by atoms with van der Waals surface area (Å²) in [5, 5.41) is 10.7. The molecule has 0 spiro atoms. The molecule has 2 nitrogen and oxygen atoms in total. The van der Waals surface area contributed by atoms with Crippen LogP contribution in [0, 0.1) is 9.39 Å². The lowest BCUT2D eigenvalue weighted by molar-refractivity contribution is 0.0972. The standard InChI is InChI=1S/C15H14FIO2/c1-15(18,10-6-8-11(17)9-7-10)12-4-3-5-13(19-2)14(12)16/h3-9,18H,1-2H3. The van der Waals surface area contributed by atoms with Crippen molar-refractivity contribution in [1.29, 1.82) is 0 Å². The van der Waals surface area contributed by atoms with Gasteiger partial charge in [0.2, 0.25) is 0 Å². The Kier molecular flexibility index (Phi) is 4.10. The Morgan fingerprint density at radius 1 is 1.16 bits per heavy atom. The summed E-state index contributed by atoms with van der Waals surface area (Å²) in [6.45, 7) is 1.58. The van der Waals surface area contributed by atoms with E-state index in [1.54, 1.807) is 31.2 Å². The van der Waals surface area contributed by atoms with Crippen LogP contribution in [0.3, 0.4) is 0 Å². The van der Waals surface area contributed by atoms with E-state index in [4.69, 9.17) is 4.74 Å². The van der Waals surface area contributed by atoms with Crippen molar-refractivity contribution in [2.45, 2.75) is 12.5 Å². The Balaban J connectivity index is 2.53. The number of rotatable bonds is 3. The molecule has 0 fully saturated rings. The normalized spacial score (nSPS) is 13.9. The number of aliphatic hydroxyl groups is 1. The number of methoxy groups -OCH3 is 1. The summed E-state index contributed by atoms with van der Waals surface area (Å²) in [6.07, 6.45) is 0. The van der Waals surface area contributed by atoms with E-state index in [2.05, 4.69) is 22.6 Å². The van der Waals surface area contributed by atoms with E-state index in [9.17, 15) is 9.50 Å². The SMILES string of the molecule is COc1cccc(C(C)(O)c2ccc(I)cc2)c1F. The van der Waals surface area contributed by atoms with E-state index in [0.29, 0.717) is 5.56 Å². The van der Waals surface area contributed by atoms with Crippen LogP contribution >= 0.6 is 22.6 Å². The molecule has 0 aromatic heterocycles. The number of hydrogen-bond donors (Lipinski definition) is 1. The van der Waals surface area contributed by atoms with E-state index in [1.807, 2.05) is 12.1 Å². The average molecular weight is 372 g/mol. The van der Waals surface area contributed by atoms with Crippen LogP contribution in [-0.4, -0.2) is 12.2 Å². The van der Waals surface area contributed by atoms with Gasteiger partial charge in [0.05, 0.1) is 7.11 Å². The number of ether oxygens (including phenoxy) is 1. The first kappa shape index (κ1) is 14.3. The van der Waals surface area contributed by atoms with Crippen molar-refractivity contribution in [3.8, 4) is 5.75 Å². The number of hydrogen-bond acceptors (Lipinski definition) is 2. The van der Waals surface area contributed by atoms with Gasteiger partial charge < -0.3 is 9.84 Å². The molecule has 100 valence electrons. The minimum atomic E-state index is -1.40. The average Bonchev–Trinajstić information content (AvgIpc) is 2.39. The highest BCUT2D eigenvalue weighted by Gasteiger charge is 2.30. The molecule has 0 aliphatic heterocycles. The van der Waals surface area contributed by atoms with Crippen molar-refractivity contribution in [3.05, 3.63) is 63.0 Å². The molecule has 0 amide bonds. The Bertz CT molecular complexity index is 579. The minimum absolute atomic E-state index is 0.128. The van der Waals surface area contributed by atoms with E-state index in [1.165, 1.54) is 13.2 Å². The van der Waals surface area contributed by atoms with Gasteiger partial charge in [-0.05, 0) is 53.3 Å². The third-order valence-corrected chi connectivity index (χ3v) is 3.83. The molecule has 2 aromatic carbocycles. The zero-order valence-corrected chi connectivity index (χ0v) is 12.8. The maximum absolute atomic E-state index is 14.2. The van der Waals surface area contributed by atoms with Gasteiger partial charge in [-0.25, -0.2) is 4.39 Å². The van der Waals surface area contributed by atoms with Crippen LogP contribution in [0.25, 0.3) is 0 Å². The van der Waals surface area contributed by atoms with Gasteiger partial charge in [0, 0.05) is 9.13 Å². The second-order valence-electron chi connectivity index (χ2n) is 4.40. The number of benzene rings is 2. The first-order chi connectivity index (χ1) is 8.96. The van der Waals surface area contributed by atoms with Gasteiger partial charge >= 0.3 is 0 Å². The Morgan fingerprint density at radius 3 is 2.37 bits per heavy atom. The predicted octanol–water partition coefficient (Wildman–Crippen LogP) is 3.69. The van der Waals surface area contributed by atoms with Gasteiger partial charge in [0.1, 0.15) is 5.60 Å². The van der Waals surface area contributed by atoms with Crippen molar-refractivity contribution in [3.63, 3.8) is 0 Å². The molecule has 0 bridgehead atoms. The largest absolute Gasteiger partial charge is 0.494 e. The summed E-state index contributed by atoms with van der Waals surface area (Å²) in [5.74, 6) is -0.406. The smallest absolute Gasteiger partial charge is 0.171 e. The van der Waals surface area contributed by atoms with Crippen LogP contribution in [0.5, 0.6) is 5.75 Å². The van der Waals surface area contributed by atoms with Gasteiger partial charge in [0.15, 0.2) is 11.6 Å². The van der Waals surface area contributed by atoms with Crippen LogP contribution in [0.4, 0.5) is 4.39 Å². The summed E-state index contributed by atoms with van der Waals surface area (Å²) >= 11 is 2.18. The van der Waals surface area contributed by atoms with Crippen LogP contribution in [0.1, 0.15) is 18.1 Å². The van der Waals surface area contributed by atoms with Crippen molar-refractivity contribution in [2.75, 3.05) is 7.11 Å². The molecular weight excluding hydrogens is 358 g/mol. The fourth-order valence-corrected chi connectivity index (χ4v) is 2.33. The van der Waals surface area contributed by atoms with Crippen molar-refractivity contribution >= 4 is 22.6 Å². The topological polar surface area (TPSA) is 29.5 Å². The molecule has 0 heterocycles. The molecular formula is C15H14FIO2. The summed E-state index contributed by atoms with van der Waals surface area (Å²) in [7, 11) is 1.40. The molecule has 1 N–H and O–H groups in total. The van der Waals surface area contributed by atoms with Crippen LogP contribution in [0.15, 0.2) is 42.5 Å². The molecule has 0 saturated heterocycles. The van der Waals surface area contributed by atoms with Gasteiger partial charge in [-0.3, -0.25) is 0 Å². The monoisotopic (exact) mass is 372 g/mol. The van der Waals surface area contributed by atoms with Crippen LogP contribution in [-0.2, 0) is 5.60 Å². The lowest BCUT2D eigenvalue weighted by Gasteiger charge is -2.25. The van der Waals surface area contributed by atoms with Crippen molar-refractivity contribution < 1.29 is 14.2 Å². The molecule has 0 radical (unpaired) electrons. The summed E-state index contributed by atoms with van der Waals surface area (Å²) in [5.41, 5.74) is -0.559. The highest BCUT2D eigenvalue weighted by molar-refractivity contribution is 14.1. The lowest BCUT2D eigenvalue weighted by Crippen LogP contribution is -2.24. The predicted molar refractivity (Wildman–Crippen MR) is 80.8 cm³/mol. The maximum Gasteiger partial charge on any atom is 0.171 e. The first-order valence-corrected chi connectivity index (χ1v) is 6.86. The fourth-order valence-electron chi connectivity index (χ4n) is 1.97. The van der Waals surface area contributed by atoms with Gasteiger partial charge in [0.25, 0.3) is 0 Å². The second kappa shape index (κ2) is 5.46. The quantitative estimate of drug-likeness (QED) is 0.833. The highest BCUT2D eigenvalue weighted by atomic mass is 127. The minimum Gasteiger partial charge on any atom is -0.494 e. The summed E-state index contributed by atoms with van der Waals surface area (Å²) < 4.78 is 20.3. The van der Waals surface area contributed by atoms with E-state index >= 15 is 0 Å². The second-order valence-corrected chi connectivity index (χ2v) is 5.65. The fraction of sp³-hybridized carbons (Fsp3) is 0.200. The van der Waals surface area contributed by atoms with E-state index < -0.39 is 11.4 Å². The highest BCUT2D eigenvalue weighted by Crippen LogP contribution is 2.34. The Morgan fingerprint density at radius 2 is 1.79 bits per heavy atom. The van der Waals surface area contributed by atoms with Gasteiger partial charge in [-0.15, -0.1) is 0 Å². The van der Waals surface area contributed by atoms with Gasteiger partial charge in [-0.1, -0.05) is 24.3 Å². The first-order valence-electron chi connectivity index (χ1n) is 5.78. The molecule has 0 aliphatic rings. The molecule has 0 saturated carbocycles. The third kappa shape index (κ3) is 2.74. The zero-order chi connectivity index (χ0) is 14.0. The van der Waals surface area contributed by atoms with Crippen LogP contribution < -0.4 is 4.74 Å². The summed E-state index contributed by atoms with van der Waals surface area (Å²) in [6, 6.07) is 12.1. The Hall–Kier alpha value is -1.14. The number of halogens is 2. The molecule has 19 heavy (non-hydrogen) atoms. The third-order valence-electron chi connectivity index (χ3n) is 3.11. The summed E-state index contributed by atoms with van der Waals surface area (Å²) in [4.78, 5) is 0. The van der Waals surface area contributed by atoms with E-state index in [-0.39, 0.29) is 11.3 Å². The van der Waals surface area contributed by atoms with Crippen molar-refractivity contribution in [2.24, 2.45) is 0 Å². The molecule has 0 aliphatic carbocycles. The van der Waals surface area contributed by atoms with Crippen LogP contribution in [0.2, 0.25) is 0 Å². The lowest BCUT2D eigenvalue weighted by atomic mass is 9.88. The molecule has 2 rings (SSSR count). The zero-order valence-electron chi connectivity index (χ0n) is 10.7. The molecule has 4 heteroatoms. The van der Waals surface area contributed by atoms with E-state index in [0.717, 1.165) is 3.57 Å². The maximum atomic E-state index is 14.2. The van der Waals surface area contributed by atoms with Crippen molar-refractivity contribution in [1.82, 2.24) is 0 Å². The van der Waals surface area contributed by atoms with Gasteiger partial charge in [-0.2, -0.15) is 0 Å². The molecule has 1 atom stereocenters. The molecule has 2 aromatic rings. The molecule has 1 unspecified atom stereocenters. The Labute approximate surface area is 125 Å².